The maximum atomic E-state index is 2.46. The predicted molar refractivity (Wildman–Crippen MR) is 127 cm³/mol. The summed E-state index contributed by atoms with van der Waals surface area (Å²) in [6.07, 6.45) is 0.963. The average molecular weight is 386 g/mol. The van der Waals surface area contributed by atoms with E-state index in [1.54, 1.807) is 0 Å². The lowest BCUT2D eigenvalue weighted by Gasteiger charge is -2.31. The van der Waals surface area contributed by atoms with Crippen LogP contribution in [0.3, 0.4) is 0 Å². The molecule has 3 aromatic rings. The Kier molecular flexibility index (Phi) is 7.48. The van der Waals surface area contributed by atoms with Gasteiger partial charge in [0.05, 0.1) is 0 Å². The number of rotatable bonds is 8. The van der Waals surface area contributed by atoms with Gasteiger partial charge in [0.15, 0.2) is 0 Å². The van der Waals surface area contributed by atoms with E-state index >= 15 is 0 Å². The normalized spacial score (nSPS) is 11.6. The van der Waals surface area contributed by atoms with Gasteiger partial charge in [-0.2, -0.15) is 0 Å². The highest BCUT2D eigenvalue weighted by atomic mass is 31.1. The summed E-state index contributed by atoms with van der Waals surface area (Å²) in [4.78, 5) is 2.46. The van der Waals surface area contributed by atoms with Crippen molar-refractivity contribution in [2.75, 3.05) is 0 Å². The van der Waals surface area contributed by atoms with Gasteiger partial charge < -0.3 is 4.81 Å². The summed E-state index contributed by atoms with van der Waals surface area (Å²) in [7, 11) is 1.82. The van der Waals surface area contributed by atoms with E-state index in [-0.39, 0.29) is 0 Å². The number of hydrogen-bond acceptors (Lipinski definition) is 1. The van der Waals surface area contributed by atoms with E-state index in [4.69, 9.17) is 0 Å². The topological polar surface area (TPSA) is 3.24 Å². The zero-order valence-electron chi connectivity index (χ0n) is 17.4. The minimum atomic E-state index is -0.567. The van der Waals surface area contributed by atoms with Crippen molar-refractivity contribution in [3.8, 4) is 0 Å². The maximum Gasteiger partial charge on any atom is 0.213 e. The van der Waals surface area contributed by atoms with Gasteiger partial charge in [-0.3, -0.25) is 0 Å². The molecule has 0 aromatic heterocycles. The Labute approximate surface area is 172 Å². The molecule has 0 heterocycles. The first-order chi connectivity index (χ1) is 13.6. The highest BCUT2D eigenvalue weighted by Crippen LogP contribution is 2.34. The van der Waals surface area contributed by atoms with Crippen LogP contribution in [0.5, 0.6) is 0 Å². The Morgan fingerprint density at radius 3 is 1.64 bits per heavy atom. The Balaban J connectivity index is 1.98. The summed E-state index contributed by atoms with van der Waals surface area (Å²) in [6.45, 7) is 9.07. The SMILES string of the molecule is CC(C)N([B]Cc1ccccc1P(c1ccccc1)c1ccccc1)C(C)C. The van der Waals surface area contributed by atoms with Crippen molar-refractivity contribution in [2.24, 2.45) is 0 Å². The highest BCUT2D eigenvalue weighted by molar-refractivity contribution is 7.79. The minimum absolute atomic E-state index is 0.511. The van der Waals surface area contributed by atoms with E-state index in [2.05, 4.69) is 125 Å². The van der Waals surface area contributed by atoms with Gasteiger partial charge in [-0.05, 0) is 47.8 Å². The number of hydrogen-bond donors (Lipinski definition) is 0. The predicted octanol–water partition coefficient (Wildman–Crippen LogP) is 4.68. The summed E-state index contributed by atoms with van der Waals surface area (Å²) >= 11 is 0. The molecule has 3 heteroatoms. The standard InChI is InChI=1S/C25H30BNP/c1-20(2)27(21(3)4)26-19-22-13-11-12-18-25(22)28(23-14-7-5-8-15-23)24-16-9-6-10-17-24/h5-18,20-21H,19H2,1-4H3. The zero-order valence-corrected chi connectivity index (χ0v) is 18.3. The van der Waals surface area contributed by atoms with E-state index in [1.807, 2.05) is 0 Å². The van der Waals surface area contributed by atoms with Gasteiger partial charge in [-0.25, -0.2) is 0 Å². The number of benzene rings is 3. The molecule has 0 fully saturated rings. The Bertz CT molecular complexity index is 801. The van der Waals surface area contributed by atoms with Crippen LogP contribution in [0.1, 0.15) is 33.3 Å². The van der Waals surface area contributed by atoms with Crippen molar-refractivity contribution >= 4 is 31.2 Å². The molecule has 0 bridgehead atoms. The molecule has 3 aromatic carbocycles. The Morgan fingerprint density at radius 1 is 0.679 bits per heavy atom. The first-order valence-electron chi connectivity index (χ1n) is 10.2. The third kappa shape index (κ3) is 5.13. The summed E-state index contributed by atoms with van der Waals surface area (Å²) in [5.41, 5.74) is 1.42. The molecule has 143 valence electrons. The van der Waals surface area contributed by atoms with E-state index in [1.165, 1.54) is 21.5 Å². The van der Waals surface area contributed by atoms with Gasteiger partial charge in [-0.15, -0.1) is 0 Å². The van der Waals surface area contributed by atoms with Crippen LogP contribution in [-0.4, -0.2) is 24.3 Å². The summed E-state index contributed by atoms with van der Waals surface area (Å²) in [5.74, 6) is 0. The lowest BCUT2D eigenvalue weighted by Crippen LogP contribution is -2.41. The quantitative estimate of drug-likeness (QED) is 0.401. The fourth-order valence-corrected chi connectivity index (χ4v) is 6.19. The lowest BCUT2D eigenvalue weighted by atomic mass is 9.79. The first kappa shape index (κ1) is 20.8. The molecular weight excluding hydrogens is 356 g/mol. The summed E-state index contributed by atoms with van der Waals surface area (Å²) < 4.78 is 0. The molecule has 1 nitrogen and oxygen atoms in total. The molecule has 0 aliphatic rings. The van der Waals surface area contributed by atoms with Crippen LogP contribution in [0.15, 0.2) is 84.9 Å². The van der Waals surface area contributed by atoms with Crippen LogP contribution in [0.25, 0.3) is 0 Å². The zero-order chi connectivity index (χ0) is 19.9. The minimum Gasteiger partial charge on any atom is -0.342 e. The number of nitrogens with zero attached hydrogens (tertiary/aromatic N) is 1. The van der Waals surface area contributed by atoms with E-state index in [9.17, 15) is 0 Å². The second kappa shape index (κ2) is 10.1. The largest absolute Gasteiger partial charge is 0.342 e. The second-order valence-corrected chi connectivity index (χ2v) is 9.84. The molecule has 0 spiro atoms. The highest BCUT2D eigenvalue weighted by Gasteiger charge is 2.21. The van der Waals surface area contributed by atoms with E-state index in [0.717, 1.165) is 6.32 Å². The molecule has 0 aliphatic heterocycles. The van der Waals surface area contributed by atoms with Gasteiger partial charge in [0.25, 0.3) is 0 Å². The molecule has 28 heavy (non-hydrogen) atoms. The van der Waals surface area contributed by atoms with Gasteiger partial charge in [0, 0.05) is 0 Å². The Hall–Kier alpha value is -1.89. The fourth-order valence-electron chi connectivity index (χ4n) is 3.70. The van der Waals surface area contributed by atoms with Crippen LogP contribution in [0.4, 0.5) is 0 Å². The third-order valence-electron chi connectivity index (χ3n) is 4.98. The monoisotopic (exact) mass is 386 g/mol. The van der Waals surface area contributed by atoms with Crippen molar-refractivity contribution in [2.45, 2.75) is 46.1 Å². The van der Waals surface area contributed by atoms with Crippen molar-refractivity contribution < 1.29 is 0 Å². The first-order valence-corrected chi connectivity index (χ1v) is 11.5. The summed E-state index contributed by atoms with van der Waals surface area (Å²) in [6, 6.07) is 31.9. The van der Waals surface area contributed by atoms with Crippen molar-refractivity contribution in [3.63, 3.8) is 0 Å². The van der Waals surface area contributed by atoms with Crippen LogP contribution < -0.4 is 15.9 Å². The fraction of sp³-hybridized carbons (Fsp3) is 0.280. The van der Waals surface area contributed by atoms with Crippen LogP contribution >= 0.6 is 7.92 Å². The Morgan fingerprint density at radius 2 is 1.14 bits per heavy atom. The molecule has 0 aliphatic carbocycles. The smallest absolute Gasteiger partial charge is 0.213 e. The van der Waals surface area contributed by atoms with Crippen LogP contribution in [0.2, 0.25) is 0 Å². The summed E-state index contributed by atoms with van der Waals surface area (Å²) in [5, 5.41) is 4.26. The van der Waals surface area contributed by atoms with Gasteiger partial charge in [0.2, 0.25) is 7.41 Å². The molecule has 0 amide bonds. The second-order valence-electron chi connectivity index (χ2n) is 7.66. The lowest BCUT2D eigenvalue weighted by molar-refractivity contribution is 0.311. The molecule has 0 saturated carbocycles. The van der Waals surface area contributed by atoms with Crippen molar-refractivity contribution in [1.29, 1.82) is 0 Å². The van der Waals surface area contributed by atoms with Gasteiger partial charge in [-0.1, -0.05) is 113 Å². The molecule has 0 atom stereocenters. The van der Waals surface area contributed by atoms with Gasteiger partial charge in [0.1, 0.15) is 0 Å². The van der Waals surface area contributed by atoms with E-state index in [0.29, 0.717) is 12.1 Å². The molecule has 3 rings (SSSR count). The van der Waals surface area contributed by atoms with Crippen LogP contribution in [-0.2, 0) is 6.32 Å². The maximum absolute atomic E-state index is 2.46. The molecule has 0 unspecified atom stereocenters. The van der Waals surface area contributed by atoms with Crippen LogP contribution in [0, 0.1) is 0 Å². The third-order valence-corrected chi connectivity index (χ3v) is 7.52. The molecule has 1 radical (unpaired) electrons. The van der Waals surface area contributed by atoms with Gasteiger partial charge >= 0.3 is 0 Å². The molecule has 0 N–H and O–H groups in total. The molecule has 0 saturated heterocycles. The van der Waals surface area contributed by atoms with Crippen molar-refractivity contribution in [3.05, 3.63) is 90.5 Å². The molecular formula is C25H30BNP. The van der Waals surface area contributed by atoms with Crippen molar-refractivity contribution in [1.82, 2.24) is 4.81 Å². The van der Waals surface area contributed by atoms with E-state index < -0.39 is 7.92 Å². The average Bonchev–Trinajstić information content (AvgIpc) is 2.70.